The molecule has 1 rings (SSSR count). The molecule has 1 aliphatic rings. The number of carbonyl (C=O) groups is 1. The van der Waals surface area contributed by atoms with Gasteiger partial charge in [0.15, 0.2) is 0 Å². The lowest BCUT2D eigenvalue weighted by molar-refractivity contribution is 0.0241. The number of ether oxygens (including phenoxy) is 1. The lowest BCUT2D eigenvalue weighted by atomic mass is 10.1. The van der Waals surface area contributed by atoms with Gasteiger partial charge in [-0.3, -0.25) is 0 Å². The molecule has 3 nitrogen and oxygen atoms in total. The topological polar surface area (TPSA) is 29.5 Å². The number of hydrogen-bond acceptors (Lipinski definition) is 2. The van der Waals surface area contributed by atoms with Gasteiger partial charge in [0.2, 0.25) is 0 Å². The van der Waals surface area contributed by atoms with Gasteiger partial charge in [0.1, 0.15) is 5.60 Å². The standard InChI is InChI=1S/C14H27NO2/c1-14(2,3)17-13(16)15-11-9-7-5-4-6-8-10-12-15/h4-12H2,1-3H3. The zero-order chi connectivity index (χ0) is 12.7. The Labute approximate surface area is 106 Å². The normalized spacial score (nSPS) is 19.8. The summed E-state index contributed by atoms with van der Waals surface area (Å²) in [4.78, 5) is 13.9. The SMILES string of the molecule is CC(C)(C)OC(=O)N1CCCCCCCCC1. The van der Waals surface area contributed by atoms with Crippen molar-refractivity contribution in [2.24, 2.45) is 0 Å². The minimum Gasteiger partial charge on any atom is -0.444 e. The summed E-state index contributed by atoms with van der Waals surface area (Å²) < 4.78 is 5.43. The van der Waals surface area contributed by atoms with Crippen LogP contribution in [0, 0.1) is 0 Å². The van der Waals surface area contributed by atoms with Gasteiger partial charge in [-0.15, -0.1) is 0 Å². The molecule has 1 amide bonds. The van der Waals surface area contributed by atoms with E-state index in [-0.39, 0.29) is 11.7 Å². The highest BCUT2D eigenvalue weighted by atomic mass is 16.6. The van der Waals surface area contributed by atoms with E-state index < -0.39 is 0 Å². The molecule has 0 spiro atoms. The molecule has 0 atom stereocenters. The highest BCUT2D eigenvalue weighted by Crippen LogP contribution is 2.15. The van der Waals surface area contributed by atoms with Gasteiger partial charge in [-0.1, -0.05) is 32.1 Å². The highest BCUT2D eigenvalue weighted by molar-refractivity contribution is 5.68. The van der Waals surface area contributed by atoms with Gasteiger partial charge in [-0.2, -0.15) is 0 Å². The second kappa shape index (κ2) is 6.87. The third-order valence-corrected chi connectivity index (χ3v) is 3.01. The maximum Gasteiger partial charge on any atom is 0.410 e. The summed E-state index contributed by atoms with van der Waals surface area (Å²) in [5.41, 5.74) is -0.383. The van der Waals surface area contributed by atoms with E-state index in [9.17, 15) is 4.79 Å². The van der Waals surface area contributed by atoms with Crippen LogP contribution in [0.4, 0.5) is 4.79 Å². The van der Waals surface area contributed by atoms with Crippen molar-refractivity contribution in [1.82, 2.24) is 4.90 Å². The summed E-state index contributed by atoms with van der Waals surface area (Å²) in [5.74, 6) is 0. The molecule has 1 saturated heterocycles. The predicted molar refractivity (Wildman–Crippen MR) is 70.1 cm³/mol. The molecule has 100 valence electrons. The Kier molecular flexibility index (Phi) is 5.79. The summed E-state index contributed by atoms with van der Waals surface area (Å²) in [7, 11) is 0. The second-order valence-corrected chi connectivity index (χ2v) is 5.94. The molecule has 0 saturated carbocycles. The Hall–Kier alpha value is -0.730. The van der Waals surface area contributed by atoms with Crippen LogP contribution in [0.5, 0.6) is 0 Å². The number of hydrogen-bond donors (Lipinski definition) is 0. The van der Waals surface area contributed by atoms with Crippen LogP contribution < -0.4 is 0 Å². The lowest BCUT2D eigenvalue weighted by Gasteiger charge is -2.28. The first-order valence-corrected chi connectivity index (χ1v) is 6.97. The van der Waals surface area contributed by atoms with Crippen LogP contribution in [0.1, 0.15) is 65.7 Å². The summed E-state index contributed by atoms with van der Waals surface area (Å²) in [6.07, 6.45) is 8.52. The van der Waals surface area contributed by atoms with Crippen molar-refractivity contribution in [3.63, 3.8) is 0 Å². The van der Waals surface area contributed by atoms with Crippen molar-refractivity contribution in [2.45, 2.75) is 71.3 Å². The minimum atomic E-state index is -0.383. The zero-order valence-electron chi connectivity index (χ0n) is 11.6. The zero-order valence-corrected chi connectivity index (χ0v) is 11.6. The molecular weight excluding hydrogens is 214 g/mol. The molecule has 0 radical (unpaired) electrons. The molecule has 3 heteroatoms. The summed E-state index contributed by atoms with van der Waals surface area (Å²) >= 11 is 0. The van der Waals surface area contributed by atoms with E-state index in [1.807, 2.05) is 25.7 Å². The molecular formula is C14H27NO2. The maximum atomic E-state index is 12.0. The van der Waals surface area contributed by atoms with E-state index in [0.717, 1.165) is 25.9 Å². The molecule has 0 aromatic rings. The predicted octanol–water partition coefficient (Wildman–Crippen LogP) is 3.97. The Balaban J connectivity index is 2.43. The fourth-order valence-electron chi connectivity index (χ4n) is 2.11. The summed E-state index contributed by atoms with van der Waals surface area (Å²) in [5, 5.41) is 0. The van der Waals surface area contributed by atoms with E-state index in [1.54, 1.807) is 0 Å². The van der Waals surface area contributed by atoms with Gasteiger partial charge >= 0.3 is 6.09 Å². The minimum absolute atomic E-state index is 0.141. The Morgan fingerprint density at radius 2 is 1.29 bits per heavy atom. The van der Waals surface area contributed by atoms with E-state index in [4.69, 9.17) is 4.74 Å². The third-order valence-electron chi connectivity index (χ3n) is 3.01. The Morgan fingerprint density at radius 1 is 0.882 bits per heavy atom. The molecule has 0 bridgehead atoms. The van der Waals surface area contributed by atoms with Crippen molar-refractivity contribution in [1.29, 1.82) is 0 Å². The second-order valence-electron chi connectivity index (χ2n) is 5.94. The monoisotopic (exact) mass is 241 g/mol. The Morgan fingerprint density at radius 3 is 1.71 bits per heavy atom. The average Bonchev–Trinajstić information content (AvgIpc) is 2.23. The molecule has 0 N–H and O–H groups in total. The van der Waals surface area contributed by atoms with E-state index in [2.05, 4.69) is 0 Å². The third kappa shape index (κ3) is 6.54. The summed E-state index contributed by atoms with van der Waals surface area (Å²) in [6.45, 7) is 7.48. The average molecular weight is 241 g/mol. The quantitative estimate of drug-likeness (QED) is 0.642. The van der Waals surface area contributed by atoms with Crippen LogP contribution in [0.25, 0.3) is 0 Å². The molecule has 0 unspecified atom stereocenters. The fourth-order valence-corrected chi connectivity index (χ4v) is 2.11. The van der Waals surface area contributed by atoms with Gasteiger partial charge in [-0.05, 0) is 33.6 Å². The van der Waals surface area contributed by atoms with Crippen LogP contribution >= 0.6 is 0 Å². The van der Waals surface area contributed by atoms with Gasteiger partial charge in [0.25, 0.3) is 0 Å². The van der Waals surface area contributed by atoms with Gasteiger partial charge in [-0.25, -0.2) is 4.79 Å². The first-order chi connectivity index (χ1) is 7.99. The first kappa shape index (κ1) is 14.3. The van der Waals surface area contributed by atoms with Crippen LogP contribution in [0.2, 0.25) is 0 Å². The highest BCUT2D eigenvalue weighted by Gasteiger charge is 2.21. The van der Waals surface area contributed by atoms with E-state index >= 15 is 0 Å². The van der Waals surface area contributed by atoms with Gasteiger partial charge < -0.3 is 9.64 Å². The molecule has 1 aliphatic heterocycles. The smallest absolute Gasteiger partial charge is 0.410 e. The molecule has 1 heterocycles. The fraction of sp³-hybridized carbons (Fsp3) is 0.929. The van der Waals surface area contributed by atoms with Gasteiger partial charge in [0.05, 0.1) is 0 Å². The van der Waals surface area contributed by atoms with Crippen LogP contribution in [0.3, 0.4) is 0 Å². The molecule has 17 heavy (non-hydrogen) atoms. The molecule has 0 aromatic heterocycles. The molecule has 1 fully saturated rings. The van der Waals surface area contributed by atoms with E-state index in [1.165, 1.54) is 32.1 Å². The van der Waals surface area contributed by atoms with Crippen molar-refractivity contribution >= 4 is 6.09 Å². The summed E-state index contributed by atoms with van der Waals surface area (Å²) in [6, 6.07) is 0. The van der Waals surface area contributed by atoms with Gasteiger partial charge in [0, 0.05) is 13.1 Å². The Bertz CT molecular complexity index is 223. The number of carbonyl (C=O) groups excluding carboxylic acids is 1. The van der Waals surface area contributed by atoms with Crippen LogP contribution in [-0.2, 0) is 4.74 Å². The largest absolute Gasteiger partial charge is 0.444 e. The number of nitrogens with zero attached hydrogens (tertiary/aromatic N) is 1. The number of rotatable bonds is 0. The van der Waals surface area contributed by atoms with Crippen molar-refractivity contribution in [3.05, 3.63) is 0 Å². The molecule has 0 aliphatic carbocycles. The number of amides is 1. The van der Waals surface area contributed by atoms with Crippen molar-refractivity contribution in [3.8, 4) is 0 Å². The van der Waals surface area contributed by atoms with E-state index in [0.29, 0.717) is 0 Å². The van der Waals surface area contributed by atoms with Crippen molar-refractivity contribution in [2.75, 3.05) is 13.1 Å². The van der Waals surface area contributed by atoms with Crippen molar-refractivity contribution < 1.29 is 9.53 Å². The molecule has 0 aromatic carbocycles. The first-order valence-electron chi connectivity index (χ1n) is 6.97. The maximum absolute atomic E-state index is 12.0. The van der Waals surface area contributed by atoms with Crippen LogP contribution in [-0.4, -0.2) is 29.7 Å². The van der Waals surface area contributed by atoms with Crippen LogP contribution in [0.15, 0.2) is 0 Å². The lowest BCUT2D eigenvalue weighted by Crippen LogP contribution is -2.38.